The molecule has 98 valence electrons. The number of halogens is 2. The second-order valence-corrected chi connectivity index (χ2v) is 4.02. The first-order valence-corrected chi connectivity index (χ1v) is 5.76. The van der Waals surface area contributed by atoms with Crippen LogP contribution in [0.4, 0.5) is 8.78 Å². The quantitative estimate of drug-likeness (QED) is 0.768. The largest absolute Gasteiger partial charge is 0.435 e. The Labute approximate surface area is 109 Å². The Morgan fingerprint density at radius 2 is 1.84 bits per heavy atom. The average molecular weight is 262 g/mol. The zero-order valence-electron chi connectivity index (χ0n) is 10.1. The van der Waals surface area contributed by atoms with E-state index in [1.54, 1.807) is 0 Å². The number of carbonyl (C=O) groups is 1. The van der Waals surface area contributed by atoms with Gasteiger partial charge in [-0.3, -0.25) is 4.79 Å². The summed E-state index contributed by atoms with van der Waals surface area (Å²) in [5, 5.41) is 0. The average Bonchev–Trinajstić information content (AvgIpc) is 2.39. The molecule has 0 unspecified atom stereocenters. The molecule has 19 heavy (non-hydrogen) atoms. The van der Waals surface area contributed by atoms with Gasteiger partial charge < -0.3 is 4.74 Å². The Kier molecular flexibility index (Phi) is 4.23. The van der Waals surface area contributed by atoms with E-state index in [4.69, 9.17) is 0 Å². The third kappa shape index (κ3) is 3.61. The van der Waals surface area contributed by atoms with Crippen molar-refractivity contribution < 1.29 is 18.3 Å². The fourth-order valence-electron chi connectivity index (χ4n) is 1.84. The molecule has 0 radical (unpaired) electrons. The summed E-state index contributed by atoms with van der Waals surface area (Å²) < 4.78 is 28.7. The van der Waals surface area contributed by atoms with E-state index in [0.29, 0.717) is 23.8 Å². The molecule has 0 aliphatic carbocycles. The molecule has 0 fully saturated rings. The molecular weight excluding hydrogens is 250 g/mol. The van der Waals surface area contributed by atoms with Gasteiger partial charge in [0.2, 0.25) is 0 Å². The van der Waals surface area contributed by atoms with Gasteiger partial charge in [0, 0.05) is 5.56 Å². The lowest BCUT2D eigenvalue weighted by Gasteiger charge is -2.09. The van der Waals surface area contributed by atoms with E-state index in [0.717, 1.165) is 5.56 Å². The summed E-state index contributed by atoms with van der Waals surface area (Å²) in [4.78, 5) is 11.0. The summed E-state index contributed by atoms with van der Waals surface area (Å²) in [6.07, 6.45) is 1.21. The van der Waals surface area contributed by atoms with E-state index in [1.165, 1.54) is 18.2 Å². The van der Waals surface area contributed by atoms with Crippen LogP contribution in [0.1, 0.15) is 21.5 Å². The maximum Gasteiger partial charge on any atom is 0.387 e. The molecule has 4 heteroatoms. The van der Waals surface area contributed by atoms with Crippen molar-refractivity contribution in [2.24, 2.45) is 0 Å². The molecule has 0 saturated heterocycles. The number of carbonyl (C=O) groups excluding carboxylic acids is 1. The van der Waals surface area contributed by atoms with Crippen molar-refractivity contribution in [2.75, 3.05) is 0 Å². The van der Waals surface area contributed by atoms with Crippen LogP contribution in [0.5, 0.6) is 5.75 Å². The molecule has 0 amide bonds. The van der Waals surface area contributed by atoms with E-state index >= 15 is 0 Å². The van der Waals surface area contributed by atoms with Crippen molar-refractivity contribution in [3.8, 4) is 5.75 Å². The monoisotopic (exact) mass is 262 g/mol. The molecule has 0 aromatic heterocycles. The Hall–Kier alpha value is -2.23. The van der Waals surface area contributed by atoms with Crippen LogP contribution in [0, 0.1) is 0 Å². The van der Waals surface area contributed by atoms with Gasteiger partial charge in [-0.25, -0.2) is 0 Å². The number of aldehydes is 1. The van der Waals surface area contributed by atoms with Gasteiger partial charge in [-0.2, -0.15) is 8.78 Å². The molecule has 0 atom stereocenters. The van der Waals surface area contributed by atoms with Gasteiger partial charge in [-0.1, -0.05) is 30.3 Å². The molecule has 2 aromatic carbocycles. The lowest BCUT2D eigenvalue weighted by atomic mass is 10.0. The van der Waals surface area contributed by atoms with Crippen LogP contribution in [0.15, 0.2) is 48.5 Å². The highest BCUT2D eigenvalue weighted by molar-refractivity contribution is 5.78. The van der Waals surface area contributed by atoms with Crippen LogP contribution < -0.4 is 4.74 Å². The highest BCUT2D eigenvalue weighted by atomic mass is 19.3. The standard InChI is InChI=1S/C15H12F2O2/c16-15(17)19-14-7-6-12(10-18)13(9-14)8-11-4-2-1-3-5-11/h1-7,9-10,15H,8H2. The van der Waals surface area contributed by atoms with Gasteiger partial charge in [-0.15, -0.1) is 0 Å². The molecule has 0 saturated carbocycles. The highest BCUT2D eigenvalue weighted by Crippen LogP contribution is 2.21. The molecule has 0 N–H and O–H groups in total. The summed E-state index contributed by atoms with van der Waals surface area (Å²) in [7, 11) is 0. The van der Waals surface area contributed by atoms with Gasteiger partial charge in [0.1, 0.15) is 12.0 Å². The number of alkyl halides is 2. The van der Waals surface area contributed by atoms with Crippen molar-refractivity contribution in [3.05, 3.63) is 65.2 Å². The maximum atomic E-state index is 12.2. The summed E-state index contributed by atoms with van der Waals surface area (Å²) >= 11 is 0. The highest BCUT2D eigenvalue weighted by Gasteiger charge is 2.08. The number of hydrogen-bond acceptors (Lipinski definition) is 2. The Morgan fingerprint density at radius 1 is 1.11 bits per heavy atom. The molecule has 0 aliphatic rings. The topological polar surface area (TPSA) is 26.3 Å². The first-order chi connectivity index (χ1) is 9.19. The fraction of sp³-hybridized carbons (Fsp3) is 0.133. The maximum absolute atomic E-state index is 12.2. The smallest absolute Gasteiger partial charge is 0.387 e. The summed E-state index contributed by atoms with van der Waals surface area (Å²) in [5.74, 6) is 0.0616. The van der Waals surface area contributed by atoms with E-state index in [1.807, 2.05) is 30.3 Å². The van der Waals surface area contributed by atoms with Gasteiger partial charge >= 0.3 is 6.61 Å². The van der Waals surface area contributed by atoms with E-state index in [2.05, 4.69) is 4.74 Å². The Balaban J connectivity index is 2.28. The molecule has 0 bridgehead atoms. The second kappa shape index (κ2) is 6.09. The molecule has 2 aromatic rings. The van der Waals surface area contributed by atoms with Crippen molar-refractivity contribution in [3.63, 3.8) is 0 Å². The second-order valence-electron chi connectivity index (χ2n) is 4.02. The first-order valence-electron chi connectivity index (χ1n) is 5.76. The van der Waals surface area contributed by atoms with E-state index < -0.39 is 6.61 Å². The van der Waals surface area contributed by atoms with Crippen LogP contribution in [-0.4, -0.2) is 12.9 Å². The fourth-order valence-corrected chi connectivity index (χ4v) is 1.84. The minimum Gasteiger partial charge on any atom is -0.435 e. The third-order valence-electron chi connectivity index (χ3n) is 2.70. The number of hydrogen-bond donors (Lipinski definition) is 0. The first kappa shape index (κ1) is 13.2. The lowest BCUT2D eigenvalue weighted by molar-refractivity contribution is -0.0498. The van der Waals surface area contributed by atoms with Gasteiger partial charge in [0.15, 0.2) is 0 Å². The molecule has 0 spiro atoms. The Morgan fingerprint density at radius 3 is 2.47 bits per heavy atom. The van der Waals surface area contributed by atoms with Crippen molar-refractivity contribution in [2.45, 2.75) is 13.0 Å². The van der Waals surface area contributed by atoms with Crippen molar-refractivity contribution in [1.29, 1.82) is 0 Å². The van der Waals surface area contributed by atoms with Crippen LogP contribution >= 0.6 is 0 Å². The van der Waals surface area contributed by atoms with Crippen LogP contribution in [0.25, 0.3) is 0 Å². The van der Waals surface area contributed by atoms with Gasteiger partial charge in [0.05, 0.1) is 0 Å². The molecule has 2 rings (SSSR count). The predicted octanol–water partition coefficient (Wildman–Crippen LogP) is 3.69. The van der Waals surface area contributed by atoms with Crippen LogP contribution in [0.3, 0.4) is 0 Å². The SMILES string of the molecule is O=Cc1ccc(OC(F)F)cc1Cc1ccccc1. The summed E-state index contributed by atoms with van der Waals surface area (Å²) in [5.41, 5.74) is 2.14. The van der Waals surface area contributed by atoms with Gasteiger partial charge in [-0.05, 0) is 35.7 Å². The third-order valence-corrected chi connectivity index (χ3v) is 2.70. The minimum absolute atomic E-state index is 0.0616. The normalized spacial score (nSPS) is 10.5. The Bertz CT molecular complexity index is 553. The summed E-state index contributed by atoms with van der Waals surface area (Å²) in [6.45, 7) is -2.87. The minimum atomic E-state index is -2.87. The lowest BCUT2D eigenvalue weighted by Crippen LogP contribution is -2.03. The van der Waals surface area contributed by atoms with Gasteiger partial charge in [0.25, 0.3) is 0 Å². The van der Waals surface area contributed by atoms with Crippen molar-refractivity contribution >= 4 is 6.29 Å². The number of ether oxygens (including phenoxy) is 1. The zero-order chi connectivity index (χ0) is 13.7. The number of rotatable bonds is 5. The molecular formula is C15H12F2O2. The van der Waals surface area contributed by atoms with Crippen LogP contribution in [-0.2, 0) is 6.42 Å². The molecule has 0 aliphatic heterocycles. The predicted molar refractivity (Wildman–Crippen MR) is 67.7 cm³/mol. The summed E-state index contributed by atoms with van der Waals surface area (Å²) in [6, 6.07) is 13.8. The molecule has 0 heterocycles. The van der Waals surface area contributed by atoms with E-state index in [-0.39, 0.29) is 5.75 Å². The number of benzene rings is 2. The molecule has 2 nitrogen and oxygen atoms in total. The van der Waals surface area contributed by atoms with E-state index in [9.17, 15) is 13.6 Å². The zero-order valence-corrected chi connectivity index (χ0v) is 10.1. The van der Waals surface area contributed by atoms with Crippen LogP contribution in [0.2, 0.25) is 0 Å². The van der Waals surface area contributed by atoms with Crippen molar-refractivity contribution in [1.82, 2.24) is 0 Å².